The van der Waals surface area contributed by atoms with E-state index >= 15 is 0 Å². The van der Waals surface area contributed by atoms with Gasteiger partial charge in [0.05, 0.1) is 16.8 Å². The summed E-state index contributed by atoms with van der Waals surface area (Å²) in [5, 5.41) is 3.86. The fraction of sp³-hybridized carbons (Fsp3) is 0.250. The molecule has 1 saturated heterocycles. The maximum absolute atomic E-state index is 12.8. The van der Waals surface area contributed by atoms with E-state index in [0.717, 1.165) is 16.6 Å². The first-order chi connectivity index (χ1) is 13.1. The number of Topliss-reactive ketones (excluding diaryl/α,β-unsaturated/α-hetero) is 1. The van der Waals surface area contributed by atoms with E-state index in [2.05, 4.69) is 15.3 Å². The first-order valence-corrected chi connectivity index (χ1v) is 8.93. The Morgan fingerprint density at radius 3 is 2.70 bits per heavy atom. The predicted octanol–water partition coefficient (Wildman–Crippen LogP) is 1.74. The highest BCUT2D eigenvalue weighted by Gasteiger charge is 2.27. The number of H-pyrrole nitrogens is 1. The van der Waals surface area contributed by atoms with E-state index in [-0.39, 0.29) is 0 Å². The number of anilines is 1. The molecule has 1 aliphatic rings. The Kier molecular flexibility index (Phi) is 4.37. The van der Waals surface area contributed by atoms with E-state index in [4.69, 9.17) is 5.73 Å². The van der Waals surface area contributed by atoms with Gasteiger partial charge in [0.15, 0.2) is 0 Å². The summed E-state index contributed by atoms with van der Waals surface area (Å²) >= 11 is 0. The van der Waals surface area contributed by atoms with Gasteiger partial charge >= 0.3 is 0 Å². The van der Waals surface area contributed by atoms with E-state index < -0.39 is 11.7 Å². The van der Waals surface area contributed by atoms with Crippen molar-refractivity contribution < 1.29 is 9.59 Å². The number of hydrogen-bond donors (Lipinski definition) is 3. The van der Waals surface area contributed by atoms with Crippen LogP contribution in [0.5, 0.6) is 0 Å². The number of benzene rings is 1. The van der Waals surface area contributed by atoms with Crippen molar-refractivity contribution in [1.82, 2.24) is 20.2 Å². The second-order valence-corrected chi connectivity index (χ2v) is 6.73. The molecule has 1 amide bonds. The first-order valence-electron chi connectivity index (χ1n) is 8.93. The fourth-order valence-corrected chi connectivity index (χ4v) is 3.38. The van der Waals surface area contributed by atoms with Crippen LogP contribution in [-0.4, -0.2) is 52.7 Å². The van der Waals surface area contributed by atoms with Gasteiger partial charge in [0.25, 0.3) is 11.7 Å². The number of carbonyl (C=O) groups is 2. The molecule has 7 nitrogen and oxygen atoms in total. The van der Waals surface area contributed by atoms with Gasteiger partial charge in [-0.2, -0.15) is 0 Å². The Morgan fingerprint density at radius 2 is 1.96 bits per heavy atom. The van der Waals surface area contributed by atoms with Crippen LogP contribution in [0.25, 0.3) is 22.2 Å². The minimum atomic E-state index is -0.497. The summed E-state index contributed by atoms with van der Waals surface area (Å²) in [6.45, 7) is 4.44. The number of aromatic nitrogens is 2. The Hall–Kier alpha value is -3.19. The van der Waals surface area contributed by atoms with E-state index in [1.165, 1.54) is 0 Å². The van der Waals surface area contributed by atoms with Gasteiger partial charge in [0.1, 0.15) is 0 Å². The number of nitrogens with two attached hydrogens (primary N) is 1. The van der Waals surface area contributed by atoms with Crippen molar-refractivity contribution in [3.8, 4) is 11.3 Å². The Bertz CT molecular complexity index is 1030. The molecule has 4 rings (SSSR count). The van der Waals surface area contributed by atoms with Crippen molar-refractivity contribution in [3.63, 3.8) is 0 Å². The van der Waals surface area contributed by atoms with Crippen molar-refractivity contribution in [2.24, 2.45) is 0 Å². The first kappa shape index (κ1) is 17.2. The lowest BCUT2D eigenvalue weighted by molar-refractivity contribution is -0.126. The molecule has 3 heterocycles. The topological polar surface area (TPSA) is 104 Å². The number of amides is 1. The van der Waals surface area contributed by atoms with Crippen LogP contribution in [0, 0.1) is 6.92 Å². The zero-order valence-electron chi connectivity index (χ0n) is 15.1. The Labute approximate surface area is 156 Å². The van der Waals surface area contributed by atoms with Crippen LogP contribution in [0.3, 0.4) is 0 Å². The van der Waals surface area contributed by atoms with Gasteiger partial charge < -0.3 is 20.9 Å². The van der Waals surface area contributed by atoms with Crippen LogP contribution in [0.1, 0.15) is 15.9 Å². The second kappa shape index (κ2) is 6.85. The molecule has 0 atom stereocenters. The molecule has 27 heavy (non-hydrogen) atoms. The Morgan fingerprint density at radius 1 is 1.19 bits per heavy atom. The number of pyridine rings is 1. The van der Waals surface area contributed by atoms with Gasteiger partial charge in [-0.1, -0.05) is 12.1 Å². The molecule has 0 bridgehead atoms. The molecule has 138 valence electrons. The number of piperazine rings is 1. The maximum Gasteiger partial charge on any atom is 0.295 e. The van der Waals surface area contributed by atoms with Crippen molar-refractivity contribution in [3.05, 3.63) is 47.8 Å². The van der Waals surface area contributed by atoms with Gasteiger partial charge in [-0.25, -0.2) is 0 Å². The lowest BCUT2D eigenvalue weighted by Crippen LogP contribution is -2.48. The van der Waals surface area contributed by atoms with Gasteiger partial charge in [-0.05, 0) is 24.6 Å². The number of rotatable bonds is 3. The monoisotopic (exact) mass is 363 g/mol. The normalized spacial score (nSPS) is 14.5. The fourth-order valence-electron chi connectivity index (χ4n) is 3.38. The molecule has 4 N–H and O–H groups in total. The molecule has 0 saturated carbocycles. The molecule has 0 unspecified atom stereocenters. The van der Waals surface area contributed by atoms with E-state index in [1.54, 1.807) is 23.4 Å². The molecule has 0 aliphatic carbocycles. The summed E-state index contributed by atoms with van der Waals surface area (Å²) in [6.07, 6.45) is 3.24. The maximum atomic E-state index is 12.8. The standard InChI is InChI=1S/C20H21N5O2/c1-12-2-3-13(10-16(12)21)17-18-14(4-5-23-17)15(11-24-18)19(26)20(27)25-8-6-22-7-9-25/h2-5,10-11,22,24H,6-9,21H2,1H3. The molecule has 7 heteroatoms. The van der Waals surface area contributed by atoms with Crippen molar-refractivity contribution in [2.45, 2.75) is 6.92 Å². The predicted molar refractivity (Wildman–Crippen MR) is 104 cm³/mol. The summed E-state index contributed by atoms with van der Waals surface area (Å²) in [5.41, 5.74) is 10.4. The highest BCUT2D eigenvalue weighted by atomic mass is 16.2. The van der Waals surface area contributed by atoms with Crippen LogP contribution in [0.4, 0.5) is 5.69 Å². The summed E-state index contributed by atoms with van der Waals surface area (Å²) in [4.78, 5) is 34.5. The summed E-state index contributed by atoms with van der Waals surface area (Å²) in [5.74, 6) is -0.959. The van der Waals surface area contributed by atoms with Gasteiger partial charge in [0, 0.05) is 55.2 Å². The quantitative estimate of drug-likeness (QED) is 0.373. The summed E-state index contributed by atoms with van der Waals surface area (Å²) < 4.78 is 0. The summed E-state index contributed by atoms with van der Waals surface area (Å²) in [7, 11) is 0. The van der Waals surface area contributed by atoms with Crippen molar-refractivity contribution in [1.29, 1.82) is 0 Å². The zero-order chi connectivity index (χ0) is 19.0. The minimum Gasteiger partial charge on any atom is -0.398 e. The molecule has 0 radical (unpaired) electrons. The number of aromatic amines is 1. The van der Waals surface area contributed by atoms with Crippen LogP contribution < -0.4 is 11.1 Å². The number of nitrogens with one attached hydrogen (secondary N) is 2. The lowest BCUT2D eigenvalue weighted by Gasteiger charge is -2.26. The van der Waals surface area contributed by atoms with Crippen LogP contribution >= 0.6 is 0 Å². The zero-order valence-corrected chi connectivity index (χ0v) is 15.1. The molecule has 1 fully saturated rings. The third kappa shape index (κ3) is 3.06. The van der Waals surface area contributed by atoms with Crippen LogP contribution in [0.2, 0.25) is 0 Å². The highest BCUT2D eigenvalue weighted by Crippen LogP contribution is 2.30. The van der Waals surface area contributed by atoms with Crippen LogP contribution in [0.15, 0.2) is 36.7 Å². The molecule has 0 spiro atoms. The number of aryl methyl sites for hydroxylation is 1. The van der Waals surface area contributed by atoms with Crippen molar-refractivity contribution >= 4 is 28.3 Å². The molecular formula is C20H21N5O2. The Balaban J connectivity index is 1.73. The third-order valence-corrected chi connectivity index (χ3v) is 5.00. The van der Waals surface area contributed by atoms with Gasteiger partial charge in [0.2, 0.25) is 0 Å². The molecule has 1 aliphatic heterocycles. The number of nitrogens with zero attached hydrogens (tertiary/aromatic N) is 2. The molecule has 3 aromatic rings. The van der Waals surface area contributed by atoms with Gasteiger partial charge in [-0.3, -0.25) is 14.6 Å². The molecule has 2 aromatic heterocycles. The minimum absolute atomic E-state index is 0.372. The van der Waals surface area contributed by atoms with Crippen molar-refractivity contribution in [2.75, 3.05) is 31.9 Å². The number of ketones is 1. The van der Waals surface area contributed by atoms with E-state index in [0.29, 0.717) is 48.5 Å². The average Bonchev–Trinajstić information content (AvgIpc) is 3.14. The lowest BCUT2D eigenvalue weighted by atomic mass is 10.0. The van der Waals surface area contributed by atoms with E-state index in [1.807, 2.05) is 25.1 Å². The smallest absolute Gasteiger partial charge is 0.295 e. The number of nitrogen functional groups attached to an aromatic ring is 1. The van der Waals surface area contributed by atoms with E-state index in [9.17, 15) is 9.59 Å². The van der Waals surface area contributed by atoms with Crippen LogP contribution in [-0.2, 0) is 4.79 Å². The third-order valence-electron chi connectivity index (χ3n) is 5.00. The summed E-state index contributed by atoms with van der Waals surface area (Å²) in [6, 6.07) is 7.51. The molecule has 1 aromatic carbocycles. The molecular weight excluding hydrogens is 342 g/mol. The number of carbonyl (C=O) groups excluding carboxylic acids is 2. The van der Waals surface area contributed by atoms with Gasteiger partial charge in [-0.15, -0.1) is 0 Å². The highest BCUT2D eigenvalue weighted by molar-refractivity contribution is 6.45. The second-order valence-electron chi connectivity index (χ2n) is 6.73. The number of fused-ring (bicyclic) bond motifs is 1. The largest absolute Gasteiger partial charge is 0.398 e. The average molecular weight is 363 g/mol. The number of hydrogen-bond acceptors (Lipinski definition) is 5. The SMILES string of the molecule is Cc1ccc(-c2nccc3c(C(=O)C(=O)N4CCNCC4)c[nH]c23)cc1N.